The number of nitriles is 1. The smallest absolute Gasteiger partial charge is 0.307 e. The summed E-state index contributed by atoms with van der Waals surface area (Å²) in [6.07, 6.45) is -10.3. The van der Waals surface area contributed by atoms with E-state index in [1.807, 2.05) is 44.2 Å². The zero-order chi connectivity index (χ0) is 53.3. The van der Waals surface area contributed by atoms with Crippen molar-refractivity contribution in [2.45, 2.75) is 45.5 Å². The van der Waals surface area contributed by atoms with Gasteiger partial charge in [0.15, 0.2) is 0 Å². The van der Waals surface area contributed by atoms with Crippen LogP contribution < -0.4 is 0 Å². The Labute approximate surface area is 440 Å². The van der Waals surface area contributed by atoms with Crippen LogP contribution in [0.5, 0.6) is 0 Å². The second-order valence-electron chi connectivity index (χ2n) is 20.6. The van der Waals surface area contributed by atoms with E-state index in [0.29, 0.717) is 23.5 Å². The molecular weight excluding hydrogens is 973 g/mol. The molecule has 10 aromatic carbocycles. The first-order valence-electron chi connectivity index (χ1n) is 25.3. The molecule has 12 aromatic rings. The molecule has 0 aliphatic carbocycles. The summed E-state index contributed by atoms with van der Waals surface area (Å²) in [7, 11) is 0. The Morgan fingerprint density at radius 1 is 0.364 bits per heavy atom. The fourth-order valence-corrected chi connectivity index (χ4v) is 12.2. The number of nitrogens with zero attached hydrogens (tertiary/aromatic N) is 3. The summed E-state index contributed by atoms with van der Waals surface area (Å²) in [5, 5.41) is 14.8. The lowest BCUT2D eigenvalue weighted by Gasteiger charge is -2.37. The van der Waals surface area contributed by atoms with Gasteiger partial charge in [0, 0.05) is 27.1 Å². The van der Waals surface area contributed by atoms with Crippen LogP contribution in [0.3, 0.4) is 0 Å². The van der Waals surface area contributed by atoms with Crippen molar-refractivity contribution in [2.24, 2.45) is 0 Å². The highest BCUT2D eigenvalue weighted by Crippen LogP contribution is 2.51. The number of halogens is 6. The molecule has 0 unspecified atom stereocenters. The van der Waals surface area contributed by atoms with Crippen LogP contribution in [0.2, 0.25) is 0 Å². The Balaban J connectivity index is 1.28. The Bertz CT molecular complexity index is 4420. The van der Waals surface area contributed by atoms with E-state index >= 15 is 0 Å². The van der Waals surface area contributed by atoms with Gasteiger partial charge in [-0.2, -0.15) is 31.6 Å². The summed E-state index contributed by atoms with van der Waals surface area (Å²) in [6, 6.07) is 66.2. The molecule has 0 spiro atoms. The van der Waals surface area contributed by atoms with Crippen LogP contribution in [-0.4, -0.2) is 9.13 Å². The van der Waals surface area contributed by atoms with E-state index in [2.05, 4.69) is 169 Å². The standard InChI is InChI=1S/C68H45F6N3/c1-39-9-5-13-43(25-39)45-17-21-55-57-23-19-51-35-62(57)76(60(55)31-45)64-33-48(38-75)59(47-29-53(67(69,70)71)34-54(30-47)68(72,73)74)37-65(64)77-61-32-46(44-14-6-10-40(2)26-44)18-22-56(61)58-24-20-52(36-63(58)77)66(51,49-15-7-11-41(3)27-49)50-16-8-12-42(4)28-50/h5-37H,1-4H3. The number of aromatic nitrogens is 2. The number of benzene rings is 10. The van der Waals surface area contributed by atoms with Crippen LogP contribution in [0.25, 0.3) is 88.4 Å². The van der Waals surface area contributed by atoms with Gasteiger partial charge >= 0.3 is 12.4 Å². The van der Waals surface area contributed by atoms with Crippen molar-refractivity contribution < 1.29 is 26.3 Å². The van der Waals surface area contributed by atoms with Crippen molar-refractivity contribution in [2.75, 3.05) is 0 Å². The van der Waals surface area contributed by atoms with Crippen molar-refractivity contribution in [1.29, 1.82) is 5.26 Å². The van der Waals surface area contributed by atoms with E-state index < -0.39 is 34.5 Å². The van der Waals surface area contributed by atoms with Gasteiger partial charge in [-0.05, 0) is 132 Å². The van der Waals surface area contributed by atoms with Crippen LogP contribution in [-0.2, 0) is 17.8 Å². The van der Waals surface area contributed by atoms with E-state index in [-0.39, 0.29) is 17.2 Å². The Morgan fingerprint density at radius 2 is 0.740 bits per heavy atom. The predicted molar refractivity (Wildman–Crippen MR) is 297 cm³/mol. The number of aryl methyl sites for hydroxylation is 4. The summed E-state index contributed by atoms with van der Waals surface area (Å²) < 4.78 is 92.8. The van der Waals surface area contributed by atoms with Crippen LogP contribution in [0.4, 0.5) is 26.3 Å². The molecule has 3 heterocycles. The molecule has 2 aromatic heterocycles. The van der Waals surface area contributed by atoms with Gasteiger partial charge in [0.1, 0.15) is 0 Å². The molecule has 0 fully saturated rings. The SMILES string of the molecule is Cc1cccc(-c2ccc3c4ccc5cc4n(c3c2)-c2cc(C#N)c(-c3cc(C(F)(F)F)cc(C(F)(F)F)c3)cc2-n2c3cc(-c4cccc(C)c4)ccc3c3ccc(cc32)C5(c2cccc(C)c2)c2cccc(C)c2)c1. The minimum absolute atomic E-state index is 0.0884. The van der Waals surface area contributed by atoms with Gasteiger partial charge in [0.2, 0.25) is 0 Å². The van der Waals surface area contributed by atoms with Crippen molar-refractivity contribution in [1.82, 2.24) is 9.13 Å². The normalized spacial score (nSPS) is 13.2. The summed E-state index contributed by atoms with van der Waals surface area (Å²) >= 11 is 0. The maximum absolute atomic E-state index is 14.8. The van der Waals surface area contributed by atoms with Crippen molar-refractivity contribution in [3.8, 4) is 50.8 Å². The molecule has 9 heteroatoms. The summed E-state index contributed by atoms with van der Waals surface area (Å²) in [4.78, 5) is 0. The lowest BCUT2D eigenvalue weighted by Crippen LogP contribution is -2.31. The minimum Gasteiger partial charge on any atom is -0.307 e. The summed E-state index contributed by atoms with van der Waals surface area (Å²) in [5.41, 5.74) is 11.4. The minimum atomic E-state index is -5.13. The first-order valence-corrected chi connectivity index (χ1v) is 25.3. The lowest BCUT2D eigenvalue weighted by molar-refractivity contribution is -0.143. The molecule has 374 valence electrons. The highest BCUT2D eigenvalue weighted by Gasteiger charge is 2.41. The molecule has 0 N–H and O–H groups in total. The average molecular weight is 1020 g/mol. The maximum Gasteiger partial charge on any atom is 0.416 e. The van der Waals surface area contributed by atoms with Crippen molar-refractivity contribution >= 4 is 43.6 Å². The molecular formula is C68H45F6N3. The highest BCUT2D eigenvalue weighted by atomic mass is 19.4. The molecule has 0 atom stereocenters. The van der Waals surface area contributed by atoms with Crippen LogP contribution in [0, 0.1) is 39.0 Å². The monoisotopic (exact) mass is 1020 g/mol. The van der Waals surface area contributed by atoms with Crippen LogP contribution >= 0.6 is 0 Å². The molecule has 13 rings (SSSR count). The van der Waals surface area contributed by atoms with E-state index in [1.165, 1.54) is 0 Å². The zero-order valence-electron chi connectivity index (χ0n) is 42.2. The first kappa shape index (κ1) is 47.6. The van der Waals surface area contributed by atoms with Crippen molar-refractivity contribution in [3.63, 3.8) is 0 Å². The number of hydrogen-bond donors (Lipinski definition) is 0. The molecule has 1 aliphatic heterocycles. The van der Waals surface area contributed by atoms with Crippen molar-refractivity contribution in [3.05, 3.63) is 261 Å². The molecule has 1 aliphatic rings. The van der Waals surface area contributed by atoms with Gasteiger partial charge in [0.25, 0.3) is 0 Å². The average Bonchev–Trinajstić information content (AvgIpc) is 4.17. The lowest BCUT2D eigenvalue weighted by atomic mass is 9.64. The van der Waals surface area contributed by atoms with E-state index in [1.54, 1.807) is 12.1 Å². The Kier molecular flexibility index (Phi) is 10.6. The Hall–Kier alpha value is -9.13. The third-order valence-electron chi connectivity index (χ3n) is 15.6. The summed E-state index contributed by atoms with van der Waals surface area (Å²) in [5.74, 6) is 0. The molecule has 3 nitrogen and oxygen atoms in total. The summed E-state index contributed by atoms with van der Waals surface area (Å²) in [6.45, 7) is 8.24. The molecule has 0 amide bonds. The van der Waals surface area contributed by atoms with E-state index in [4.69, 9.17) is 0 Å². The van der Waals surface area contributed by atoms with Gasteiger partial charge in [-0.15, -0.1) is 0 Å². The highest BCUT2D eigenvalue weighted by molar-refractivity contribution is 6.13. The number of alkyl halides is 6. The number of fused-ring (bicyclic) bond motifs is 11. The second-order valence-corrected chi connectivity index (χ2v) is 20.6. The van der Waals surface area contributed by atoms with E-state index in [0.717, 1.165) is 110 Å². The van der Waals surface area contributed by atoms with Crippen LogP contribution in [0.1, 0.15) is 61.2 Å². The van der Waals surface area contributed by atoms with Gasteiger partial charge in [-0.1, -0.05) is 168 Å². The third kappa shape index (κ3) is 7.56. The number of rotatable bonds is 5. The molecule has 77 heavy (non-hydrogen) atoms. The molecule has 0 radical (unpaired) electrons. The Morgan fingerprint density at radius 3 is 1.16 bits per heavy atom. The van der Waals surface area contributed by atoms with Gasteiger partial charge in [-0.25, -0.2) is 0 Å². The molecule has 0 saturated heterocycles. The fraction of sp³-hybridized carbons (Fsp3) is 0.103. The van der Waals surface area contributed by atoms with Gasteiger partial charge in [0.05, 0.1) is 61.6 Å². The quantitative estimate of drug-likeness (QED) is 0.158. The van der Waals surface area contributed by atoms with E-state index in [9.17, 15) is 31.6 Å². The number of hydrogen-bond acceptors (Lipinski definition) is 1. The molecule has 0 saturated carbocycles. The predicted octanol–water partition coefficient (Wildman–Crippen LogP) is 18.7. The van der Waals surface area contributed by atoms with Crippen LogP contribution in [0.15, 0.2) is 200 Å². The fourth-order valence-electron chi connectivity index (χ4n) is 12.2. The maximum atomic E-state index is 14.8. The van der Waals surface area contributed by atoms with Gasteiger partial charge < -0.3 is 9.13 Å². The largest absolute Gasteiger partial charge is 0.416 e. The second kappa shape index (κ2) is 17.2. The molecule has 4 bridgehead atoms. The third-order valence-corrected chi connectivity index (χ3v) is 15.6. The first-order chi connectivity index (χ1) is 37.0. The zero-order valence-corrected chi connectivity index (χ0v) is 42.2. The topological polar surface area (TPSA) is 33.6 Å². The van der Waals surface area contributed by atoms with Gasteiger partial charge in [-0.3, -0.25) is 0 Å².